The van der Waals surface area contributed by atoms with E-state index < -0.39 is 5.97 Å². The van der Waals surface area contributed by atoms with Crippen molar-refractivity contribution in [3.8, 4) is 0 Å². The van der Waals surface area contributed by atoms with E-state index in [-0.39, 0.29) is 6.54 Å². The molecule has 0 amide bonds. The van der Waals surface area contributed by atoms with Gasteiger partial charge in [0, 0.05) is 37.9 Å². The van der Waals surface area contributed by atoms with Gasteiger partial charge in [0.15, 0.2) is 0 Å². The Labute approximate surface area is 112 Å². The number of likely N-dealkylation sites (N-methyl/N-ethyl adjacent to an activating group) is 1. The highest BCUT2D eigenvalue weighted by Crippen LogP contribution is 2.33. The van der Waals surface area contributed by atoms with Crippen LogP contribution in [0.1, 0.15) is 0 Å². The van der Waals surface area contributed by atoms with Gasteiger partial charge in [-0.15, -0.1) is 0 Å². The molecule has 0 radical (unpaired) electrons. The van der Waals surface area contributed by atoms with Gasteiger partial charge in [-0.2, -0.15) is 0 Å². The Bertz CT molecular complexity index is 603. The van der Waals surface area contributed by atoms with Gasteiger partial charge in [0.05, 0.1) is 0 Å². The van der Waals surface area contributed by atoms with Gasteiger partial charge in [0.1, 0.15) is 6.54 Å². The second kappa shape index (κ2) is 5.18. The summed E-state index contributed by atoms with van der Waals surface area (Å²) in [5, 5.41) is 11.1. The largest absolute Gasteiger partial charge is 0.480 e. The van der Waals surface area contributed by atoms with Crippen LogP contribution < -0.4 is 9.80 Å². The van der Waals surface area contributed by atoms with Crippen LogP contribution in [0.3, 0.4) is 0 Å². The lowest BCUT2D eigenvalue weighted by molar-refractivity contribution is -0.135. The predicted molar refractivity (Wildman–Crippen MR) is 79.2 cm³/mol. The van der Waals surface area contributed by atoms with Crippen LogP contribution in [0.15, 0.2) is 36.4 Å². The van der Waals surface area contributed by atoms with Gasteiger partial charge in [-0.1, -0.05) is 24.3 Å². The van der Waals surface area contributed by atoms with Gasteiger partial charge in [0.25, 0.3) is 0 Å². The molecule has 19 heavy (non-hydrogen) atoms. The summed E-state index contributed by atoms with van der Waals surface area (Å²) in [5.41, 5.74) is 2.02. The second-order valence-corrected chi connectivity index (χ2v) is 4.80. The molecule has 2 rings (SSSR count). The van der Waals surface area contributed by atoms with Gasteiger partial charge in [0.2, 0.25) is 0 Å². The number of carboxylic acid groups (broad SMARTS) is 1. The van der Waals surface area contributed by atoms with E-state index in [9.17, 15) is 4.79 Å². The first-order chi connectivity index (χ1) is 9.00. The maximum Gasteiger partial charge on any atom is 0.323 e. The van der Waals surface area contributed by atoms with Crippen molar-refractivity contribution in [1.82, 2.24) is 0 Å². The molecule has 2 aromatic rings. The highest BCUT2D eigenvalue weighted by Gasteiger charge is 2.12. The summed E-state index contributed by atoms with van der Waals surface area (Å²) in [6, 6.07) is 12.0. The molecule has 2 aromatic carbocycles. The Balaban J connectivity index is 2.63. The first kappa shape index (κ1) is 13.2. The third kappa shape index (κ3) is 2.62. The maximum atomic E-state index is 10.9. The molecule has 0 fully saturated rings. The Kier molecular flexibility index (Phi) is 3.60. The van der Waals surface area contributed by atoms with Crippen LogP contribution in [0.25, 0.3) is 10.8 Å². The first-order valence-electron chi connectivity index (χ1n) is 6.12. The van der Waals surface area contributed by atoms with E-state index >= 15 is 0 Å². The van der Waals surface area contributed by atoms with Crippen LogP contribution >= 0.6 is 0 Å². The molecule has 1 N–H and O–H groups in total. The van der Waals surface area contributed by atoms with Crippen molar-refractivity contribution >= 4 is 28.1 Å². The molecule has 0 saturated heterocycles. The Morgan fingerprint density at radius 2 is 1.63 bits per heavy atom. The molecule has 0 atom stereocenters. The van der Waals surface area contributed by atoms with Crippen LogP contribution in [0.2, 0.25) is 0 Å². The average molecular weight is 258 g/mol. The summed E-state index contributed by atoms with van der Waals surface area (Å²) in [7, 11) is 5.78. The molecule has 100 valence electrons. The first-order valence-corrected chi connectivity index (χ1v) is 6.12. The summed E-state index contributed by atoms with van der Waals surface area (Å²) in [4.78, 5) is 14.7. The molecule has 0 unspecified atom stereocenters. The number of anilines is 2. The molecule has 0 aliphatic carbocycles. The fourth-order valence-corrected chi connectivity index (χ4v) is 2.28. The number of nitrogens with zero attached hydrogens (tertiary/aromatic N) is 2. The highest BCUT2D eigenvalue weighted by molar-refractivity contribution is 6.04. The number of aliphatic carboxylic acids is 1. The van der Waals surface area contributed by atoms with Crippen LogP contribution in [0.4, 0.5) is 11.4 Å². The topological polar surface area (TPSA) is 43.8 Å². The number of hydrogen-bond donors (Lipinski definition) is 1. The van der Waals surface area contributed by atoms with Crippen LogP contribution in [-0.4, -0.2) is 38.8 Å². The fourth-order valence-electron chi connectivity index (χ4n) is 2.28. The van der Waals surface area contributed by atoms with Crippen LogP contribution in [0, 0.1) is 0 Å². The van der Waals surface area contributed by atoms with Crippen molar-refractivity contribution in [2.75, 3.05) is 37.5 Å². The number of benzene rings is 2. The van der Waals surface area contributed by atoms with Crippen molar-refractivity contribution in [2.45, 2.75) is 0 Å². The zero-order chi connectivity index (χ0) is 14.0. The minimum absolute atomic E-state index is 0.0130. The summed E-state index contributed by atoms with van der Waals surface area (Å²) in [5.74, 6) is -0.832. The molecule has 0 saturated carbocycles. The van der Waals surface area contributed by atoms with E-state index in [0.717, 1.165) is 22.1 Å². The molecule has 0 spiro atoms. The van der Waals surface area contributed by atoms with E-state index in [2.05, 4.69) is 0 Å². The van der Waals surface area contributed by atoms with Crippen molar-refractivity contribution < 1.29 is 9.90 Å². The van der Waals surface area contributed by atoms with Crippen LogP contribution in [-0.2, 0) is 4.79 Å². The standard InChI is InChI=1S/C15H18N2O2/c1-16(2)12-8-4-6-11-7-5-9-13(15(11)12)17(3)10-14(18)19/h4-9H,10H2,1-3H3,(H,18,19). The monoisotopic (exact) mass is 258 g/mol. The quantitative estimate of drug-likeness (QED) is 0.914. The van der Waals surface area contributed by atoms with Crippen molar-refractivity contribution in [1.29, 1.82) is 0 Å². The van der Waals surface area contributed by atoms with Gasteiger partial charge in [-0.05, 0) is 17.5 Å². The van der Waals surface area contributed by atoms with E-state index in [0.29, 0.717) is 0 Å². The zero-order valence-electron chi connectivity index (χ0n) is 11.4. The minimum atomic E-state index is -0.832. The van der Waals surface area contributed by atoms with Crippen molar-refractivity contribution in [2.24, 2.45) is 0 Å². The number of carbonyl (C=O) groups is 1. The summed E-state index contributed by atoms with van der Waals surface area (Å²) in [6.45, 7) is -0.0130. The lowest BCUT2D eigenvalue weighted by atomic mass is 10.1. The predicted octanol–water partition coefficient (Wildman–Crippen LogP) is 2.43. The van der Waals surface area contributed by atoms with Gasteiger partial charge < -0.3 is 14.9 Å². The molecule has 0 aliphatic heterocycles. The zero-order valence-corrected chi connectivity index (χ0v) is 11.4. The SMILES string of the molecule is CN(C)c1cccc2cccc(N(C)CC(=O)O)c12. The van der Waals surface area contributed by atoms with Crippen molar-refractivity contribution in [3.05, 3.63) is 36.4 Å². The highest BCUT2D eigenvalue weighted by atomic mass is 16.4. The number of hydrogen-bond acceptors (Lipinski definition) is 3. The number of rotatable bonds is 4. The molecule has 0 aromatic heterocycles. The molecule has 4 heteroatoms. The molecular formula is C15H18N2O2. The third-order valence-electron chi connectivity index (χ3n) is 3.13. The lowest BCUT2D eigenvalue weighted by Gasteiger charge is -2.23. The Morgan fingerprint density at radius 3 is 2.16 bits per heavy atom. The third-order valence-corrected chi connectivity index (χ3v) is 3.13. The van der Waals surface area contributed by atoms with E-state index in [4.69, 9.17) is 5.11 Å². The fraction of sp³-hybridized carbons (Fsp3) is 0.267. The van der Waals surface area contributed by atoms with E-state index in [1.807, 2.05) is 55.4 Å². The Morgan fingerprint density at radius 1 is 1.05 bits per heavy atom. The normalized spacial score (nSPS) is 10.5. The summed E-state index contributed by atoms with van der Waals surface area (Å²) < 4.78 is 0. The van der Waals surface area contributed by atoms with Gasteiger partial charge in [-0.25, -0.2) is 0 Å². The molecule has 0 aliphatic rings. The second-order valence-electron chi connectivity index (χ2n) is 4.80. The minimum Gasteiger partial charge on any atom is -0.480 e. The number of fused-ring (bicyclic) bond motifs is 1. The smallest absolute Gasteiger partial charge is 0.323 e. The maximum absolute atomic E-state index is 10.9. The summed E-state index contributed by atoms with van der Waals surface area (Å²) in [6.07, 6.45) is 0. The summed E-state index contributed by atoms with van der Waals surface area (Å²) >= 11 is 0. The van der Waals surface area contributed by atoms with E-state index in [1.165, 1.54) is 0 Å². The molecule has 0 heterocycles. The molecular weight excluding hydrogens is 240 g/mol. The molecule has 4 nitrogen and oxygen atoms in total. The lowest BCUT2D eigenvalue weighted by Crippen LogP contribution is -2.25. The Hall–Kier alpha value is -2.23. The van der Waals surface area contributed by atoms with Gasteiger partial charge in [-0.3, -0.25) is 4.79 Å². The average Bonchev–Trinajstić information content (AvgIpc) is 2.36. The van der Waals surface area contributed by atoms with Crippen molar-refractivity contribution in [3.63, 3.8) is 0 Å². The van der Waals surface area contributed by atoms with E-state index in [1.54, 1.807) is 11.9 Å². The van der Waals surface area contributed by atoms with Crippen LogP contribution in [0.5, 0.6) is 0 Å². The number of carboxylic acids is 1. The molecule has 0 bridgehead atoms. The van der Waals surface area contributed by atoms with Gasteiger partial charge >= 0.3 is 5.97 Å².